The predicted octanol–water partition coefficient (Wildman–Crippen LogP) is 1.95. The zero-order valence-corrected chi connectivity index (χ0v) is 11.7. The van der Waals surface area contributed by atoms with Crippen LogP contribution in [0.2, 0.25) is 0 Å². The molecule has 0 fully saturated rings. The standard InChI is InChI=1S/C15H15N3O3/c1-10(13-6-5-12(21-2)8-14(13)19)17-18-15(20)11-4-3-7-16-9-11/h3-9,19H,1-2H3,(H,18,20). The predicted molar refractivity (Wildman–Crippen MR) is 78.6 cm³/mol. The van der Waals surface area contributed by atoms with Crippen molar-refractivity contribution in [3.63, 3.8) is 0 Å². The van der Waals surface area contributed by atoms with E-state index in [4.69, 9.17) is 4.74 Å². The van der Waals surface area contributed by atoms with Gasteiger partial charge in [-0.05, 0) is 31.2 Å². The van der Waals surface area contributed by atoms with Gasteiger partial charge in [0.1, 0.15) is 11.5 Å². The zero-order chi connectivity index (χ0) is 15.2. The molecule has 0 saturated heterocycles. The van der Waals surface area contributed by atoms with Crippen LogP contribution in [0.3, 0.4) is 0 Å². The van der Waals surface area contributed by atoms with Gasteiger partial charge in [0.25, 0.3) is 5.91 Å². The van der Waals surface area contributed by atoms with Crippen LogP contribution < -0.4 is 10.2 Å². The van der Waals surface area contributed by atoms with Crippen LogP contribution in [0, 0.1) is 0 Å². The van der Waals surface area contributed by atoms with Crippen molar-refractivity contribution >= 4 is 11.6 Å². The molecule has 0 aliphatic heterocycles. The van der Waals surface area contributed by atoms with Gasteiger partial charge < -0.3 is 9.84 Å². The van der Waals surface area contributed by atoms with E-state index in [2.05, 4.69) is 15.5 Å². The Morgan fingerprint density at radius 1 is 1.38 bits per heavy atom. The molecule has 1 heterocycles. The molecule has 1 aromatic carbocycles. The van der Waals surface area contributed by atoms with Gasteiger partial charge >= 0.3 is 0 Å². The Morgan fingerprint density at radius 2 is 2.19 bits per heavy atom. The summed E-state index contributed by atoms with van der Waals surface area (Å²) in [5.41, 5.74) is 3.82. The third kappa shape index (κ3) is 3.56. The molecule has 0 unspecified atom stereocenters. The van der Waals surface area contributed by atoms with Crippen molar-refractivity contribution in [2.75, 3.05) is 7.11 Å². The van der Waals surface area contributed by atoms with Crippen LogP contribution in [0.25, 0.3) is 0 Å². The molecule has 1 aromatic heterocycles. The molecule has 2 N–H and O–H groups in total. The number of amides is 1. The normalized spacial score (nSPS) is 11.0. The molecule has 0 radical (unpaired) electrons. The highest BCUT2D eigenvalue weighted by atomic mass is 16.5. The monoisotopic (exact) mass is 285 g/mol. The number of hydrazone groups is 1. The summed E-state index contributed by atoms with van der Waals surface area (Å²) in [7, 11) is 1.52. The molecule has 2 aromatic rings. The van der Waals surface area contributed by atoms with E-state index in [0.717, 1.165) is 0 Å². The summed E-state index contributed by atoms with van der Waals surface area (Å²) in [5.74, 6) is 0.213. The molecule has 6 nitrogen and oxygen atoms in total. The van der Waals surface area contributed by atoms with E-state index >= 15 is 0 Å². The molecule has 0 bridgehead atoms. The van der Waals surface area contributed by atoms with E-state index in [9.17, 15) is 9.90 Å². The topological polar surface area (TPSA) is 83.8 Å². The lowest BCUT2D eigenvalue weighted by Gasteiger charge is -2.07. The Bertz CT molecular complexity index is 669. The number of hydrogen-bond donors (Lipinski definition) is 2. The average Bonchev–Trinajstić information content (AvgIpc) is 2.52. The molecule has 108 valence electrons. The number of carbonyl (C=O) groups excluding carboxylic acids is 1. The van der Waals surface area contributed by atoms with Crippen molar-refractivity contribution in [2.24, 2.45) is 5.10 Å². The summed E-state index contributed by atoms with van der Waals surface area (Å²) >= 11 is 0. The molecule has 0 spiro atoms. The summed E-state index contributed by atoms with van der Waals surface area (Å²) in [6.45, 7) is 1.69. The third-order valence-electron chi connectivity index (χ3n) is 2.84. The Balaban J connectivity index is 2.13. The minimum absolute atomic E-state index is 0.0335. The van der Waals surface area contributed by atoms with Crippen LogP contribution in [0.15, 0.2) is 47.8 Å². The lowest BCUT2D eigenvalue weighted by molar-refractivity contribution is 0.0954. The highest BCUT2D eigenvalue weighted by Crippen LogP contribution is 2.23. The minimum atomic E-state index is -0.365. The van der Waals surface area contributed by atoms with E-state index in [1.54, 1.807) is 37.4 Å². The Hall–Kier alpha value is -2.89. The lowest BCUT2D eigenvalue weighted by atomic mass is 10.1. The van der Waals surface area contributed by atoms with Gasteiger partial charge in [-0.25, -0.2) is 5.43 Å². The summed E-state index contributed by atoms with van der Waals surface area (Å²) in [5, 5.41) is 13.9. The number of hydrogen-bond acceptors (Lipinski definition) is 5. The molecular formula is C15H15N3O3. The SMILES string of the molecule is COc1ccc(C(C)=NNC(=O)c2cccnc2)c(O)c1. The van der Waals surface area contributed by atoms with Gasteiger partial charge in [-0.15, -0.1) is 0 Å². The first kappa shape index (κ1) is 14.5. The van der Waals surface area contributed by atoms with Crippen molar-refractivity contribution in [3.8, 4) is 11.5 Å². The highest BCUT2D eigenvalue weighted by Gasteiger charge is 2.08. The number of phenolic OH excluding ortho intramolecular Hbond substituents is 1. The van der Waals surface area contributed by atoms with Gasteiger partial charge in [-0.1, -0.05) is 0 Å². The molecule has 2 rings (SSSR count). The molecule has 1 amide bonds. The number of benzene rings is 1. The number of pyridine rings is 1. The van der Waals surface area contributed by atoms with Gasteiger partial charge in [-0.2, -0.15) is 5.10 Å². The summed E-state index contributed by atoms with van der Waals surface area (Å²) < 4.78 is 5.01. The van der Waals surface area contributed by atoms with Gasteiger partial charge in [-0.3, -0.25) is 9.78 Å². The number of ether oxygens (including phenoxy) is 1. The van der Waals surface area contributed by atoms with Crippen molar-refractivity contribution < 1.29 is 14.6 Å². The first-order valence-electron chi connectivity index (χ1n) is 6.24. The van der Waals surface area contributed by atoms with Crippen LogP contribution >= 0.6 is 0 Å². The lowest BCUT2D eigenvalue weighted by Crippen LogP contribution is -2.19. The van der Waals surface area contributed by atoms with Gasteiger partial charge in [0.2, 0.25) is 0 Å². The van der Waals surface area contributed by atoms with Gasteiger partial charge in [0, 0.05) is 24.0 Å². The van der Waals surface area contributed by atoms with E-state index in [-0.39, 0.29) is 11.7 Å². The Labute approximate surface area is 122 Å². The average molecular weight is 285 g/mol. The van der Waals surface area contributed by atoms with Crippen LogP contribution in [-0.2, 0) is 0 Å². The maximum absolute atomic E-state index is 11.8. The maximum atomic E-state index is 11.8. The molecule has 0 aliphatic rings. The Kier molecular flexibility index (Phi) is 4.50. The molecule has 21 heavy (non-hydrogen) atoms. The summed E-state index contributed by atoms with van der Waals surface area (Å²) in [6, 6.07) is 8.16. The minimum Gasteiger partial charge on any atom is -0.507 e. The van der Waals surface area contributed by atoms with Crippen molar-refractivity contribution in [2.45, 2.75) is 6.92 Å². The molecule has 0 aliphatic carbocycles. The largest absolute Gasteiger partial charge is 0.507 e. The molecule has 6 heteroatoms. The van der Waals surface area contributed by atoms with E-state index in [0.29, 0.717) is 22.6 Å². The van der Waals surface area contributed by atoms with Gasteiger partial charge in [0.05, 0.1) is 18.4 Å². The number of aromatic hydroxyl groups is 1. The fourth-order valence-electron chi connectivity index (χ4n) is 1.70. The quantitative estimate of drug-likeness (QED) is 0.664. The number of methoxy groups -OCH3 is 1. The van der Waals surface area contributed by atoms with Crippen molar-refractivity contribution in [1.82, 2.24) is 10.4 Å². The number of aromatic nitrogens is 1. The van der Waals surface area contributed by atoms with E-state index < -0.39 is 0 Å². The second kappa shape index (κ2) is 6.51. The van der Waals surface area contributed by atoms with Crippen LogP contribution in [0.1, 0.15) is 22.8 Å². The number of rotatable bonds is 4. The van der Waals surface area contributed by atoms with E-state index in [1.165, 1.54) is 19.4 Å². The van der Waals surface area contributed by atoms with Crippen LogP contribution in [0.5, 0.6) is 11.5 Å². The van der Waals surface area contributed by atoms with Crippen LogP contribution in [-0.4, -0.2) is 28.8 Å². The fourth-order valence-corrected chi connectivity index (χ4v) is 1.70. The number of carbonyl (C=O) groups is 1. The van der Waals surface area contributed by atoms with E-state index in [1.807, 2.05) is 0 Å². The molecule has 0 atom stereocenters. The first-order valence-corrected chi connectivity index (χ1v) is 6.24. The first-order chi connectivity index (χ1) is 10.1. The smallest absolute Gasteiger partial charge is 0.272 e. The van der Waals surface area contributed by atoms with Crippen molar-refractivity contribution in [1.29, 1.82) is 0 Å². The maximum Gasteiger partial charge on any atom is 0.272 e. The zero-order valence-electron chi connectivity index (χ0n) is 11.7. The Morgan fingerprint density at radius 3 is 2.81 bits per heavy atom. The second-order valence-electron chi connectivity index (χ2n) is 4.26. The van der Waals surface area contributed by atoms with Gasteiger partial charge in [0.15, 0.2) is 0 Å². The second-order valence-corrected chi connectivity index (χ2v) is 4.26. The molecule has 0 saturated carbocycles. The van der Waals surface area contributed by atoms with Crippen molar-refractivity contribution in [3.05, 3.63) is 53.9 Å². The number of nitrogens with zero attached hydrogens (tertiary/aromatic N) is 2. The number of phenols is 1. The summed E-state index contributed by atoms with van der Waals surface area (Å²) in [6.07, 6.45) is 3.03. The highest BCUT2D eigenvalue weighted by molar-refractivity contribution is 6.02. The number of nitrogens with one attached hydrogen (secondary N) is 1. The fraction of sp³-hybridized carbons (Fsp3) is 0.133. The third-order valence-corrected chi connectivity index (χ3v) is 2.84. The van der Waals surface area contributed by atoms with Crippen LogP contribution in [0.4, 0.5) is 0 Å². The molecular weight excluding hydrogens is 270 g/mol. The summed E-state index contributed by atoms with van der Waals surface area (Å²) in [4.78, 5) is 15.7.